The molecule has 0 bridgehead atoms. The molecule has 0 saturated carbocycles. The molecule has 0 spiro atoms. The van der Waals surface area contributed by atoms with Crippen LogP contribution in [0.1, 0.15) is 56.0 Å². The number of aromatic hydroxyl groups is 1. The van der Waals surface area contributed by atoms with Gasteiger partial charge in [-0.3, -0.25) is 4.90 Å². The second-order valence-corrected chi connectivity index (χ2v) is 12.6. The molecule has 4 aliphatic heterocycles. The first-order chi connectivity index (χ1) is 21.9. The van der Waals surface area contributed by atoms with Crippen LogP contribution in [0.3, 0.4) is 0 Å². The van der Waals surface area contributed by atoms with Gasteiger partial charge in [-0.05, 0) is 68.8 Å². The van der Waals surface area contributed by atoms with E-state index in [9.17, 15) is 9.50 Å². The quantitative estimate of drug-likeness (QED) is 0.288. The van der Waals surface area contributed by atoms with Crippen LogP contribution in [-0.4, -0.2) is 76.0 Å². The Bertz CT molecular complexity index is 1890. The van der Waals surface area contributed by atoms with Gasteiger partial charge in [-0.15, -0.1) is 6.42 Å². The highest BCUT2D eigenvalue weighted by Crippen LogP contribution is 2.45. The van der Waals surface area contributed by atoms with Crippen LogP contribution in [-0.2, 0) is 4.74 Å². The maximum atomic E-state index is 17.0. The Hall–Kier alpha value is -4.14. The number of fused-ring (bicyclic) bond motifs is 4. The number of hydrogen-bond acceptors (Lipinski definition) is 8. The average molecular weight is 616 g/mol. The van der Waals surface area contributed by atoms with Gasteiger partial charge >= 0.3 is 6.01 Å². The Morgan fingerprint density at radius 2 is 1.89 bits per heavy atom. The summed E-state index contributed by atoms with van der Waals surface area (Å²) in [5.74, 6) is 0.969. The van der Waals surface area contributed by atoms with Gasteiger partial charge < -0.3 is 19.5 Å². The van der Waals surface area contributed by atoms with Gasteiger partial charge in [-0.2, -0.15) is 9.97 Å². The Balaban J connectivity index is 1.36. The third-order valence-electron chi connectivity index (χ3n) is 9.99. The molecule has 232 valence electrons. The molecule has 0 amide bonds. The van der Waals surface area contributed by atoms with Crippen molar-refractivity contribution < 1.29 is 27.8 Å². The lowest BCUT2D eigenvalue weighted by molar-refractivity contribution is 0.107. The summed E-state index contributed by atoms with van der Waals surface area (Å²) in [4.78, 5) is 18.3. The van der Waals surface area contributed by atoms with Crippen LogP contribution < -0.4 is 9.64 Å². The fourth-order valence-electron chi connectivity index (χ4n) is 7.90. The average Bonchev–Trinajstić information content (AvgIpc) is 3.50. The summed E-state index contributed by atoms with van der Waals surface area (Å²) in [5, 5.41) is 11.4. The van der Waals surface area contributed by atoms with E-state index in [1.807, 2.05) is 4.90 Å². The Morgan fingerprint density at radius 3 is 2.69 bits per heavy atom. The Morgan fingerprint density at radius 1 is 1.07 bits per heavy atom. The topological polar surface area (TPSA) is 83.8 Å². The highest BCUT2D eigenvalue weighted by Gasteiger charge is 2.45. The van der Waals surface area contributed by atoms with Gasteiger partial charge in [0.25, 0.3) is 0 Å². The minimum Gasteiger partial charge on any atom is -0.508 e. The van der Waals surface area contributed by atoms with Crippen LogP contribution in [0.5, 0.6) is 11.8 Å². The highest BCUT2D eigenvalue weighted by atomic mass is 19.1. The van der Waals surface area contributed by atoms with Gasteiger partial charge in [0.1, 0.15) is 41.4 Å². The van der Waals surface area contributed by atoms with E-state index in [0.717, 1.165) is 38.8 Å². The summed E-state index contributed by atoms with van der Waals surface area (Å²) in [6, 6.07) is 4.96. The number of hydrogen-bond donors (Lipinski definition) is 1. The van der Waals surface area contributed by atoms with Crippen molar-refractivity contribution in [2.75, 3.05) is 44.4 Å². The first-order valence-corrected chi connectivity index (χ1v) is 15.6. The maximum Gasteiger partial charge on any atom is 0.319 e. The molecule has 6 heterocycles. The molecule has 1 N–H and O–H groups in total. The number of pyridine rings is 1. The van der Waals surface area contributed by atoms with Crippen LogP contribution in [0.2, 0.25) is 0 Å². The zero-order valence-electron chi connectivity index (χ0n) is 24.7. The minimum atomic E-state index is -1.60. The molecular weight excluding hydrogens is 583 g/mol. The van der Waals surface area contributed by atoms with Crippen LogP contribution in [0.25, 0.3) is 32.9 Å². The number of benzene rings is 2. The number of terminal acetylenes is 1. The van der Waals surface area contributed by atoms with E-state index in [4.69, 9.17) is 20.9 Å². The van der Waals surface area contributed by atoms with Crippen molar-refractivity contribution in [1.82, 2.24) is 19.9 Å². The normalized spacial score (nSPS) is 22.6. The van der Waals surface area contributed by atoms with Gasteiger partial charge in [0, 0.05) is 30.5 Å². The second-order valence-electron chi connectivity index (χ2n) is 12.6. The highest BCUT2D eigenvalue weighted by molar-refractivity contribution is 6.03. The van der Waals surface area contributed by atoms with E-state index in [1.165, 1.54) is 24.3 Å². The van der Waals surface area contributed by atoms with E-state index in [-0.39, 0.29) is 75.2 Å². The molecule has 2 aromatic heterocycles. The van der Waals surface area contributed by atoms with Crippen molar-refractivity contribution >= 4 is 27.5 Å². The predicted octanol–water partition coefficient (Wildman–Crippen LogP) is 5.83. The molecule has 4 aromatic rings. The molecule has 4 aliphatic rings. The molecule has 3 fully saturated rings. The largest absolute Gasteiger partial charge is 0.508 e. The zero-order chi connectivity index (χ0) is 30.9. The van der Waals surface area contributed by atoms with E-state index in [0.29, 0.717) is 37.4 Å². The fraction of sp³-hybridized carbons (Fsp3) is 0.441. The number of rotatable bonds is 4. The predicted molar refractivity (Wildman–Crippen MR) is 163 cm³/mol. The van der Waals surface area contributed by atoms with E-state index < -0.39 is 17.8 Å². The van der Waals surface area contributed by atoms with Crippen LogP contribution in [0.15, 0.2) is 24.3 Å². The van der Waals surface area contributed by atoms with Gasteiger partial charge in [0.15, 0.2) is 5.82 Å². The van der Waals surface area contributed by atoms with Crippen LogP contribution in [0.4, 0.5) is 19.0 Å². The molecule has 8 nitrogen and oxygen atoms in total. The molecular formula is C34H32F3N5O3. The number of phenols is 1. The number of phenolic OH excluding ortho intramolecular Hbond substituents is 1. The van der Waals surface area contributed by atoms with Crippen molar-refractivity contribution in [3.63, 3.8) is 0 Å². The first kappa shape index (κ1) is 28.3. The molecule has 8 rings (SSSR count). The third-order valence-corrected chi connectivity index (χ3v) is 9.99. The van der Waals surface area contributed by atoms with Crippen molar-refractivity contribution in [2.24, 2.45) is 0 Å². The lowest BCUT2D eigenvalue weighted by Gasteiger charge is -2.32. The zero-order valence-corrected chi connectivity index (χ0v) is 24.7. The summed E-state index contributed by atoms with van der Waals surface area (Å²) in [7, 11) is 0. The number of halogens is 3. The number of ether oxygens (including phenoxy) is 2. The Kier molecular flexibility index (Phi) is 6.76. The summed E-state index contributed by atoms with van der Waals surface area (Å²) in [5.41, 5.74) is -0.631. The molecule has 11 heteroatoms. The smallest absolute Gasteiger partial charge is 0.319 e. The molecule has 2 unspecified atom stereocenters. The standard InChI is InChI=1S/C34H32F3N5O3/c1-2-22-24(35)7-6-19-14-21(43)16-23(26(19)22)29-28(37)31-27-30(38-29)25(36)15-20-17-44-13-5-12-42(20)32(27)40-33(39-31)45-18-34-8-3-10-41(34)11-4-9-34/h1,6-7,14,16,20,25,43H,3-5,8-13,15,17-18H2. The number of anilines is 1. The molecule has 45 heavy (non-hydrogen) atoms. The maximum absolute atomic E-state index is 17.0. The molecule has 2 aromatic carbocycles. The van der Waals surface area contributed by atoms with E-state index in [2.05, 4.69) is 20.8 Å². The van der Waals surface area contributed by atoms with E-state index in [1.54, 1.807) is 0 Å². The van der Waals surface area contributed by atoms with Crippen molar-refractivity contribution in [3.05, 3.63) is 47.2 Å². The summed E-state index contributed by atoms with van der Waals surface area (Å²) < 4.78 is 60.3. The lowest BCUT2D eigenvalue weighted by Crippen LogP contribution is -2.43. The number of alkyl halides is 1. The van der Waals surface area contributed by atoms with E-state index >= 15 is 8.78 Å². The summed E-state index contributed by atoms with van der Waals surface area (Å²) >= 11 is 0. The molecule has 2 atom stereocenters. The minimum absolute atomic E-state index is 0.00461. The van der Waals surface area contributed by atoms with Gasteiger partial charge in [-0.25, -0.2) is 18.2 Å². The second kappa shape index (κ2) is 10.7. The summed E-state index contributed by atoms with van der Waals surface area (Å²) in [6.07, 6.45) is 9.02. The molecule has 3 saturated heterocycles. The van der Waals surface area contributed by atoms with Crippen LogP contribution >= 0.6 is 0 Å². The van der Waals surface area contributed by atoms with Gasteiger partial charge in [-0.1, -0.05) is 12.0 Å². The molecule has 0 radical (unpaired) electrons. The number of aromatic nitrogens is 3. The van der Waals surface area contributed by atoms with Crippen molar-refractivity contribution in [2.45, 2.75) is 56.3 Å². The number of nitrogens with zero attached hydrogens (tertiary/aromatic N) is 5. The van der Waals surface area contributed by atoms with Crippen molar-refractivity contribution in [1.29, 1.82) is 0 Å². The monoisotopic (exact) mass is 615 g/mol. The fourth-order valence-corrected chi connectivity index (χ4v) is 7.90. The van der Waals surface area contributed by atoms with Crippen molar-refractivity contribution in [3.8, 4) is 35.4 Å². The Labute approximate surface area is 258 Å². The SMILES string of the molecule is C#Cc1c(F)ccc2cc(O)cc(-c3nc4c5c(nc(OCC67CCCN6CCC7)nc5c3F)N3CCCOCC3CC4F)c12. The molecule has 0 aliphatic carbocycles. The third kappa shape index (κ3) is 4.49. The van der Waals surface area contributed by atoms with Gasteiger partial charge in [0.05, 0.1) is 34.8 Å². The van der Waals surface area contributed by atoms with Crippen LogP contribution in [0, 0.1) is 24.0 Å². The summed E-state index contributed by atoms with van der Waals surface area (Å²) in [6.45, 7) is 3.75. The first-order valence-electron chi connectivity index (χ1n) is 15.6. The lowest BCUT2D eigenvalue weighted by atomic mass is 9.95. The van der Waals surface area contributed by atoms with Gasteiger partial charge in [0.2, 0.25) is 0 Å².